The van der Waals surface area contributed by atoms with Crippen molar-refractivity contribution in [3.05, 3.63) is 18.0 Å². The molecule has 1 aromatic rings. The predicted molar refractivity (Wildman–Crippen MR) is 102 cm³/mol. The van der Waals surface area contributed by atoms with Gasteiger partial charge in [0.05, 0.1) is 12.0 Å². The lowest BCUT2D eigenvalue weighted by molar-refractivity contribution is -0.160. The van der Waals surface area contributed by atoms with E-state index < -0.39 is 0 Å². The fraction of sp³-hybridized carbons (Fsp3) is 0.773. The van der Waals surface area contributed by atoms with Crippen molar-refractivity contribution in [2.24, 2.45) is 23.2 Å². The van der Waals surface area contributed by atoms with Crippen LogP contribution in [-0.4, -0.2) is 40.0 Å². The fourth-order valence-corrected chi connectivity index (χ4v) is 6.66. The average Bonchev–Trinajstić information content (AvgIpc) is 2.67. The summed E-state index contributed by atoms with van der Waals surface area (Å²) >= 11 is 0. The number of carbonyl (C=O) groups excluding carboxylic acids is 1. The minimum Gasteiger partial charge on any atom is -0.458 e. The minimum absolute atomic E-state index is 0.0177. The third-order valence-corrected chi connectivity index (χ3v) is 7.52. The van der Waals surface area contributed by atoms with Gasteiger partial charge in [0.2, 0.25) is 5.91 Å². The summed E-state index contributed by atoms with van der Waals surface area (Å²) < 4.78 is 6.04. The third kappa shape index (κ3) is 3.23. The number of hydrogen-bond donors (Lipinski definition) is 0. The van der Waals surface area contributed by atoms with Crippen LogP contribution in [0.2, 0.25) is 0 Å². The van der Waals surface area contributed by atoms with Crippen LogP contribution in [0.15, 0.2) is 12.4 Å². The molecule has 1 aliphatic heterocycles. The third-order valence-electron chi connectivity index (χ3n) is 7.52. The first kappa shape index (κ1) is 17.4. The summed E-state index contributed by atoms with van der Waals surface area (Å²) in [5, 5.41) is 0. The lowest BCUT2D eigenvalue weighted by Gasteiger charge is -2.57. The zero-order chi connectivity index (χ0) is 18.4. The van der Waals surface area contributed by atoms with E-state index in [4.69, 9.17) is 4.74 Å². The summed E-state index contributed by atoms with van der Waals surface area (Å²) in [5.74, 6) is 2.85. The number of aromatic nitrogens is 2. The quantitative estimate of drug-likeness (QED) is 0.813. The molecule has 0 N–H and O–H groups in total. The van der Waals surface area contributed by atoms with Gasteiger partial charge in [-0.05, 0) is 81.1 Å². The number of piperidine rings is 1. The van der Waals surface area contributed by atoms with E-state index in [0.717, 1.165) is 68.4 Å². The molecule has 5 heteroatoms. The van der Waals surface area contributed by atoms with Crippen LogP contribution in [0.25, 0.3) is 0 Å². The summed E-state index contributed by atoms with van der Waals surface area (Å²) in [4.78, 5) is 24.3. The number of amides is 1. The second kappa shape index (κ2) is 6.75. The van der Waals surface area contributed by atoms with Gasteiger partial charge in [-0.1, -0.05) is 6.92 Å². The van der Waals surface area contributed by atoms with Gasteiger partial charge in [0.15, 0.2) is 0 Å². The molecule has 5 fully saturated rings. The van der Waals surface area contributed by atoms with Gasteiger partial charge in [-0.3, -0.25) is 4.79 Å². The largest absolute Gasteiger partial charge is 0.458 e. The molecule has 5 nitrogen and oxygen atoms in total. The van der Waals surface area contributed by atoms with E-state index in [-0.39, 0.29) is 11.5 Å². The van der Waals surface area contributed by atoms with E-state index >= 15 is 0 Å². The van der Waals surface area contributed by atoms with Gasteiger partial charge in [-0.25, -0.2) is 9.97 Å². The fourth-order valence-electron chi connectivity index (χ4n) is 6.66. The molecule has 2 heterocycles. The highest BCUT2D eigenvalue weighted by molar-refractivity contribution is 5.83. The molecule has 0 aromatic carbocycles. The van der Waals surface area contributed by atoms with Gasteiger partial charge in [-0.15, -0.1) is 0 Å². The zero-order valence-corrected chi connectivity index (χ0v) is 16.4. The minimum atomic E-state index is -0.0457. The molecule has 5 aliphatic rings. The summed E-state index contributed by atoms with van der Waals surface area (Å²) in [5.41, 5.74) is 1.07. The second-order valence-electron chi connectivity index (χ2n) is 9.56. The van der Waals surface area contributed by atoms with Gasteiger partial charge < -0.3 is 9.64 Å². The number of hydrogen-bond acceptors (Lipinski definition) is 4. The van der Waals surface area contributed by atoms with Crippen molar-refractivity contribution < 1.29 is 9.53 Å². The maximum atomic E-state index is 13.6. The maximum absolute atomic E-state index is 13.6. The molecular weight excluding hydrogens is 338 g/mol. The van der Waals surface area contributed by atoms with Crippen LogP contribution in [0.3, 0.4) is 0 Å². The Morgan fingerprint density at radius 3 is 2.37 bits per heavy atom. The molecule has 27 heavy (non-hydrogen) atoms. The SMILES string of the molecule is CCc1cnc(OC2CCCN(C(=O)C34CC5CC(CC(C5)C3)C4)C2)nc1. The Kier molecular flexibility index (Phi) is 4.36. The van der Waals surface area contributed by atoms with E-state index in [0.29, 0.717) is 18.5 Å². The van der Waals surface area contributed by atoms with E-state index in [2.05, 4.69) is 21.8 Å². The Hall–Kier alpha value is -1.65. The Morgan fingerprint density at radius 2 is 1.78 bits per heavy atom. The number of rotatable bonds is 4. The molecule has 0 spiro atoms. The van der Waals surface area contributed by atoms with Gasteiger partial charge in [0.1, 0.15) is 6.10 Å². The smallest absolute Gasteiger partial charge is 0.316 e. The van der Waals surface area contributed by atoms with Gasteiger partial charge in [0.25, 0.3) is 0 Å². The molecule has 6 rings (SSSR count). The van der Waals surface area contributed by atoms with Crippen molar-refractivity contribution in [2.45, 2.75) is 70.8 Å². The summed E-state index contributed by atoms with van der Waals surface area (Å²) in [6.07, 6.45) is 14.2. The number of ether oxygens (including phenoxy) is 1. The van der Waals surface area contributed by atoms with Crippen LogP contribution >= 0.6 is 0 Å². The first-order chi connectivity index (χ1) is 13.1. The summed E-state index contributed by atoms with van der Waals surface area (Å²) in [6, 6.07) is 0.446. The van der Waals surface area contributed by atoms with Crippen molar-refractivity contribution in [1.82, 2.24) is 14.9 Å². The lowest BCUT2D eigenvalue weighted by atomic mass is 9.49. The van der Waals surface area contributed by atoms with Gasteiger partial charge >= 0.3 is 6.01 Å². The van der Waals surface area contributed by atoms with E-state index in [9.17, 15) is 4.79 Å². The Morgan fingerprint density at radius 1 is 1.15 bits per heavy atom. The van der Waals surface area contributed by atoms with Crippen LogP contribution in [0.5, 0.6) is 6.01 Å². The van der Waals surface area contributed by atoms with Crippen LogP contribution in [0, 0.1) is 23.2 Å². The van der Waals surface area contributed by atoms with Crippen LogP contribution in [-0.2, 0) is 11.2 Å². The van der Waals surface area contributed by atoms with Gasteiger partial charge in [-0.2, -0.15) is 0 Å². The predicted octanol–water partition coefficient (Wildman–Crippen LogP) is 3.63. The Bertz CT molecular complexity index is 667. The summed E-state index contributed by atoms with van der Waals surface area (Å²) in [7, 11) is 0. The average molecular weight is 370 g/mol. The molecule has 146 valence electrons. The summed E-state index contributed by atoms with van der Waals surface area (Å²) in [6.45, 7) is 3.67. The molecule has 1 saturated heterocycles. The monoisotopic (exact) mass is 369 g/mol. The molecule has 0 radical (unpaired) electrons. The van der Waals surface area contributed by atoms with E-state index in [1.54, 1.807) is 0 Å². The molecule has 1 atom stereocenters. The molecule has 1 amide bonds. The van der Waals surface area contributed by atoms with Gasteiger partial charge in [0, 0.05) is 18.9 Å². The highest BCUT2D eigenvalue weighted by Crippen LogP contribution is 2.60. The normalized spacial score (nSPS) is 37.4. The standard InChI is InChI=1S/C22H31N3O2/c1-2-15-12-23-21(24-13-15)27-19-4-3-5-25(14-19)20(26)22-9-16-6-17(10-22)8-18(7-16)11-22/h12-13,16-19H,2-11,14H2,1H3. The molecule has 1 aromatic heterocycles. The second-order valence-corrected chi connectivity index (χ2v) is 9.56. The van der Waals surface area contributed by atoms with Crippen molar-refractivity contribution >= 4 is 5.91 Å². The number of carbonyl (C=O) groups is 1. The Labute approximate surface area is 161 Å². The molecule has 1 unspecified atom stereocenters. The lowest BCUT2D eigenvalue weighted by Crippen LogP contribution is -2.57. The Balaban J connectivity index is 1.26. The molecule has 4 aliphatic carbocycles. The molecule has 4 bridgehead atoms. The van der Waals surface area contributed by atoms with E-state index in [1.165, 1.54) is 19.3 Å². The van der Waals surface area contributed by atoms with Crippen LogP contribution in [0.1, 0.15) is 63.9 Å². The highest BCUT2D eigenvalue weighted by Gasteiger charge is 2.55. The topological polar surface area (TPSA) is 55.3 Å². The van der Waals surface area contributed by atoms with Crippen molar-refractivity contribution in [1.29, 1.82) is 0 Å². The number of likely N-dealkylation sites (tertiary alicyclic amines) is 1. The number of aryl methyl sites for hydroxylation is 1. The maximum Gasteiger partial charge on any atom is 0.316 e. The van der Waals surface area contributed by atoms with Crippen molar-refractivity contribution in [2.75, 3.05) is 13.1 Å². The van der Waals surface area contributed by atoms with Crippen molar-refractivity contribution in [3.8, 4) is 6.01 Å². The first-order valence-corrected chi connectivity index (χ1v) is 10.9. The number of nitrogens with zero attached hydrogens (tertiary/aromatic N) is 3. The highest BCUT2D eigenvalue weighted by atomic mass is 16.5. The van der Waals surface area contributed by atoms with E-state index in [1.807, 2.05) is 12.4 Å². The first-order valence-electron chi connectivity index (χ1n) is 10.9. The van der Waals surface area contributed by atoms with Crippen molar-refractivity contribution in [3.63, 3.8) is 0 Å². The molecular formula is C22H31N3O2. The van der Waals surface area contributed by atoms with Crippen LogP contribution in [0.4, 0.5) is 0 Å². The van der Waals surface area contributed by atoms with Crippen LogP contribution < -0.4 is 4.74 Å². The zero-order valence-electron chi connectivity index (χ0n) is 16.4. The molecule has 4 saturated carbocycles.